The zero-order valence-electron chi connectivity index (χ0n) is 15.5. The fourth-order valence-corrected chi connectivity index (χ4v) is 2.53. The summed E-state index contributed by atoms with van der Waals surface area (Å²) in [5, 5.41) is 25.4. The molecule has 3 rings (SSSR count). The Labute approximate surface area is 165 Å². The zero-order valence-corrected chi connectivity index (χ0v) is 15.5. The number of nitrogens with zero attached hydrogens (tertiary/aromatic N) is 4. The number of hydrogen-bond acceptors (Lipinski definition) is 9. The lowest BCUT2D eigenvalue weighted by atomic mass is 10.1. The van der Waals surface area contributed by atoms with Crippen LogP contribution in [0.4, 0.5) is 34.4 Å². The maximum Gasteiger partial charge on any atom is 0.355 e. The Morgan fingerprint density at radius 2 is 1.55 bits per heavy atom. The number of rotatable bonds is 7. The molecule has 0 atom stereocenters. The van der Waals surface area contributed by atoms with Gasteiger partial charge in [0.15, 0.2) is 0 Å². The molecule has 0 fully saturated rings. The molecule has 0 amide bonds. The summed E-state index contributed by atoms with van der Waals surface area (Å²) in [7, 11) is 0. The third-order valence-corrected chi connectivity index (χ3v) is 4.05. The van der Waals surface area contributed by atoms with E-state index >= 15 is 0 Å². The van der Waals surface area contributed by atoms with Crippen LogP contribution >= 0.6 is 0 Å². The Morgan fingerprint density at radius 1 is 0.862 bits per heavy atom. The van der Waals surface area contributed by atoms with Crippen LogP contribution in [0.3, 0.4) is 0 Å². The van der Waals surface area contributed by atoms with E-state index in [1.807, 2.05) is 32.0 Å². The van der Waals surface area contributed by atoms with Gasteiger partial charge in [-0.2, -0.15) is 0 Å². The van der Waals surface area contributed by atoms with E-state index in [2.05, 4.69) is 26.1 Å². The minimum atomic E-state index is -0.590. The van der Waals surface area contributed by atoms with Gasteiger partial charge in [-0.05, 0) is 43.2 Å². The molecule has 11 heteroatoms. The molecule has 0 aliphatic heterocycles. The topological polar surface area (TPSA) is 148 Å². The highest BCUT2D eigenvalue weighted by atomic mass is 16.6. The normalized spacial score (nSPS) is 10.3. The van der Waals surface area contributed by atoms with Crippen LogP contribution in [-0.2, 0) is 0 Å². The second-order valence-electron chi connectivity index (χ2n) is 6.17. The predicted octanol–water partition coefficient (Wildman–Crippen LogP) is 4.09. The largest absolute Gasteiger partial charge is 0.355 e. The van der Waals surface area contributed by atoms with E-state index in [0.29, 0.717) is 11.4 Å². The molecular formula is C18H17N7O4. The van der Waals surface area contributed by atoms with Crippen LogP contribution in [0.1, 0.15) is 11.1 Å². The van der Waals surface area contributed by atoms with Gasteiger partial charge in [-0.15, -0.1) is 0 Å². The quantitative estimate of drug-likeness (QED) is 0.397. The number of aryl methyl sites for hydroxylation is 2. The first-order valence-electron chi connectivity index (χ1n) is 8.45. The van der Waals surface area contributed by atoms with Gasteiger partial charge in [-0.1, -0.05) is 12.1 Å². The minimum absolute atomic E-state index is 0.0340. The van der Waals surface area contributed by atoms with E-state index in [4.69, 9.17) is 0 Å². The lowest BCUT2D eigenvalue weighted by molar-refractivity contribution is -0.384. The van der Waals surface area contributed by atoms with Crippen LogP contribution in [0.25, 0.3) is 0 Å². The van der Waals surface area contributed by atoms with E-state index in [0.717, 1.165) is 11.1 Å². The molecule has 0 radical (unpaired) electrons. The average Bonchev–Trinajstić information content (AvgIpc) is 2.69. The lowest BCUT2D eigenvalue weighted by Gasteiger charge is -2.13. The van der Waals surface area contributed by atoms with E-state index in [9.17, 15) is 20.2 Å². The van der Waals surface area contributed by atoms with E-state index in [1.54, 1.807) is 0 Å². The molecule has 0 bridgehead atoms. The summed E-state index contributed by atoms with van der Waals surface area (Å²) < 4.78 is 0. The number of anilines is 4. The number of nitro benzene ring substituents is 1. The van der Waals surface area contributed by atoms with Crippen molar-refractivity contribution >= 4 is 34.4 Å². The summed E-state index contributed by atoms with van der Waals surface area (Å²) in [5.41, 5.74) is 8.05. The monoisotopic (exact) mass is 395 g/mol. The molecule has 0 aliphatic rings. The van der Waals surface area contributed by atoms with Gasteiger partial charge >= 0.3 is 5.69 Å². The van der Waals surface area contributed by atoms with Gasteiger partial charge in [0.1, 0.15) is 6.33 Å². The van der Waals surface area contributed by atoms with Gasteiger partial charge in [0.2, 0.25) is 11.6 Å². The molecule has 0 saturated carbocycles. The van der Waals surface area contributed by atoms with Crippen LogP contribution in [0, 0.1) is 34.1 Å². The smallest absolute Gasteiger partial charge is 0.334 e. The summed E-state index contributed by atoms with van der Waals surface area (Å²) in [5.74, 6) is -0.0251. The van der Waals surface area contributed by atoms with Gasteiger partial charge in [-0.25, -0.2) is 9.97 Å². The Balaban J connectivity index is 1.85. The van der Waals surface area contributed by atoms with Crippen LogP contribution in [0.5, 0.6) is 0 Å². The number of non-ortho nitro benzene ring substituents is 1. The Bertz CT molecular complexity index is 1070. The van der Waals surface area contributed by atoms with Crippen molar-refractivity contribution in [2.75, 3.05) is 16.2 Å². The molecule has 1 aromatic heterocycles. The SMILES string of the molecule is Cc1ccc(C)c(Nc2ncnc(NNc3ccc([N+](=O)[O-])cc3)c2[N+](=O)[O-])c1. The van der Waals surface area contributed by atoms with E-state index in [1.165, 1.54) is 30.6 Å². The summed E-state index contributed by atoms with van der Waals surface area (Å²) >= 11 is 0. The van der Waals surface area contributed by atoms with Crippen LogP contribution in [0.15, 0.2) is 48.8 Å². The molecule has 29 heavy (non-hydrogen) atoms. The van der Waals surface area contributed by atoms with Crippen molar-refractivity contribution in [2.24, 2.45) is 0 Å². The van der Waals surface area contributed by atoms with Crippen LogP contribution < -0.4 is 16.2 Å². The van der Waals surface area contributed by atoms with Crippen LogP contribution in [0.2, 0.25) is 0 Å². The van der Waals surface area contributed by atoms with E-state index in [-0.39, 0.29) is 23.0 Å². The molecule has 3 N–H and O–H groups in total. The first kappa shape index (κ1) is 19.5. The average molecular weight is 395 g/mol. The molecule has 0 unspecified atom stereocenters. The number of nitro groups is 2. The maximum atomic E-state index is 11.7. The van der Waals surface area contributed by atoms with Crippen molar-refractivity contribution in [3.63, 3.8) is 0 Å². The van der Waals surface area contributed by atoms with Crippen LogP contribution in [-0.4, -0.2) is 19.8 Å². The van der Waals surface area contributed by atoms with Gasteiger partial charge in [0, 0.05) is 17.8 Å². The molecule has 0 spiro atoms. The van der Waals surface area contributed by atoms with Gasteiger partial charge in [-0.3, -0.25) is 31.1 Å². The highest BCUT2D eigenvalue weighted by molar-refractivity contribution is 5.75. The zero-order chi connectivity index (χ0) is 21.0. The minimum Gasteiger partial charge on any atom is -0.334 e. The lowest BCUT2D eigenvalue weighted by Crippen LogP contribution is -2.13. The molecule has 148 valence electrons. The van der Waals surface area contributed by atoms with E-state index < -0.39 is 9.85 Å². The highest BCUT2D eigenvalue weighted by Crippen LogP contribution is 2.32. The van der Waals surface area contributed by atoms with Crippen molar-refractivity contribution < 1.29 is 9.85 Å². The molecular weight excluding hydrogens is 378 g/mol. The van der Waals surface area contributed by atoms with Gasteiger partial charge in [0.25, 0.3) is 5.69 Å². The van der Waals surface area contributed by atoms with Crippen molar-refractivity contribution in [3.05, 3.63) is 80.1 Å². The maximum absolute atomic E-state index is 11.7. The predicted molar refractivity (Wildman–Crippen MR) is 108 cm³/mol. The molecule has 2 aromatic carbocycles. The highest BCUT2D eigenvalue weighted by Gasteiger charge is 2.23. The van der Waals surface area contributed by atoms with Gasteiger partial charge in [0.05, 0.1) is 15.5 Å². The number of benzene rings is 2. The fourth-order valence-electron chi connectivity index (χ4n) is 2.53. The Kier molecular flexibility index (Phi) is 5.49. The Morgan fingerprint density at radius 3 is 2.21 bits per heavy atom. The summed E-state index contributed by atoms with van der Waals surface area (Å²) in [6.45, 7) is 3.80. The summed E-state index contributed by atoms with van der Waals surface area (Å²) in [4.78, 5) is 29.2. The number of aromatic nitrogens is 2. The van der Waals surface area contributed by atoms with Crippen molar-refractivity contribution in [1.29, 1.82) is 0 Å². The van der Waals surface area contributed by atoms with Crippen molar-refractivity contribution in [1.82, 2.24) is 9.97 Å². The number of hydrazine groups is 1. The number of nitrogens with one attached hydrogen (secondary N) is 3. The second-order valence-corrected chi connectivity index (χ2v) is 6.17. The summed E-state index contributed by atoms with van der Waals surface area (Å²) in [6, 6.07) is 11.3. The molecule has 1 heterocycles. The molecule has 3 aromatic rings. The second kappa shape index (κ2) is 8.17. The van der Waals surface area contributed by atoms with Crippen molar-refractivity contribution in [2.45, 2.75) is 13.8 Å². The molecule has 0 saturated heterocycles. The van der Waals surface area contributed by atoms with Crippen molar-refractivity contribution in [3.8, 4) is 0 Å². The Hall–Kier alpha value is -4.28. The first-order chi connectivity index (χ1) is 13.8. The number of hydrogen-bond donors (Lipinski definition) is 3. The summed E-state index contributed by atoms with van der Waals surface area (Å²) in [6.07, 6.45) is 1.19. The molecule has 0 aliphatic carbocycles. The third kappa shape index (κ3) is 4.53. The standard InChI is InChI=1S/C18H17N7O4/c1-11-3-4-12(2)15(9-11)21-17-16(25(28)29)18(20-10-19-17)23-22-13-5-7-14(8-6-13)24(26)27/h3-10,22H,1-2H3,(H2,19,20,21,23). The fraction of sp³-hybridized carbons (Fsp3) is 0.111. The first-order valence-corrected chi connectivity index (χ1v) is 8.45. The third-order valence-electron chi connectivity index (χ3n) is 4.05. The molecule has 11 nitrogen and oxygen atoms in total. The van der Waals surface area contributed by atoms with Gasteiger partial charge < -0.3 is 5.32 Å².